The summed E-state index contributed by atoms with van der Waals surface area (Å²) in [6.07, 6.45) is 5.99. The molecular formula is C23H25N5O4. The number of hydrogen-bond donors (Lipinski definition) is 0. The van der Waals surface area contributed by atoms with Crippen molar-refractivity contribution < 1.29 is 19.1 Å². The number of likely N-dealkylation sites (tertiary alicyclic amines) is 1. The summed E-state index contributed by atoms with van der Waals surface area (Å²) in [5.41, 5.74) is 2.18. The summed E-state index contributed by atoms with van der Waals surface area (Å²) in [6.45, 7) is 4.21. The number of aromatic nitrogens is 4. The maximum absolute atomic E-state index is 13.5. The van der Waals surface area contributed by atoms with Crippen molar-refractivity contribution in [2.75, 3.05) is 13.7 Å². The van der Waals surface area contributed by atoms with Gasteiger partial charge in [0.2, 0.25) is 5.88 Å². The first kappa shape index (κ1) is 21.5. The van der Waals surface area contributed by atoms with E-state index in [1.54, 1.807) is 31.5 Å². The smallest absolute Gasteiger partial charge is 0.338 e. The Morgan fingerprint density at radius 2 is 1.78 bits per heavy atom. The molecule has 0 saturated carbocycles. The van der Waals surface area contributed by atoms with Gasteiger partial charge >= 0.3 is 5.97 Å². The van der Waals surface area contributed by atoms with Gasteiger partial charge in [-0.25, -0.2) is 9.78 Å². The first-order valence-corrected chi connectivity index (χ1v) is 10.5. The van der Waals surface area contributed by atoms with E-state index >= 15 is 0 Å². The van der Waals surface area contributed by atoms with Crippen molar-refractivity contribution in [1.29, 1.82) is 0 Å². The Bertz CT molecular complexity index is 1120. The molecule has 9 nitrogen and oxygen atoms in total. The van der Waals surface area contributed by atoms with Crippen molar-refractivity contribution in [2.24, 2.45) is 0 Å². The van der Waals surface area contributed by atoms with Crippen LogP contribution < -0.4 is 4.74 Å². The van der Waals surface area contributed by atoms with Gasteiger partial charge < -0.3 is 14.4 Å². The molecule has 1 amide bonds. The topological polar surface area (TPSA) is 99.4 Å². The number of ether oxygens (including phenoxy) is 2. The zero-order valence-corrected chi connectivity index (χ0v) is 18.3. The van der Waals surface area contributed by atoms with E-state index in [2.05, 4.69) is 15.2 Å². The van der Waals surface area contributed by atoms with Gasteiger partial charge in [0.1, 0.15) is 6.10 Å². The zero-order valence-electron chi connectivity index (χ0n) is 18.3. The summed E-state index contributed by atoms with van der Waals surface area (Å²) in [4.78, 5) is 33.0. The van der Waals surface area contributed by atoms with Crippen LogP contribution >= 0.6 is 0 Å². The molecule has 2 atom stereocenters. The molecule has 0 aliphatic carbocycles. The lowest BCUT2D eigenvalue weighted by atomic mass is 9.99. The maximum atomic E-state index is 13.5. The van der Waals surface area contributed by atoms with E-state index in [1.807, 2.05) is 30.0 Å². The quantitative estimate of drug-likeness (QED) is 0.568. The number of para-hydroxylation sites is 1. The summed E-state index contributed by atoms with van der Waals surface area (Å²) < 4.78 is 11.0. The lowest BCUT2D eigenvalue weighted by molar-refractivity contribution is 0.0370. The second-order valence-electron chi connectivity index (χ2n) is 7.74. The average Bonchev–Trinajstić information content (AvgIpc) is 3.35. The van der Waals surface area contributed by atoms with E-state index in [0.717, 1.165) is 12.8 Å². The van der Waals surface area contributed by atoms with Gasteiger partial charge in [-0.05, 0) is 44.9 Å². The minimum Gasteiger partial charge on any atom is -0.472 e. The fourth-order valence-corrected chi connectivity index (χ4v) is 3.90. The second-order valence-corrected chi connectivity index (χ2v) is 7.74. The van der Waals surface area contributed by atoms with Crippen LogP contribution in [-0.2, 0) is 4.74 Å². The lowest BCUT2D eigenvalue weighted by Gasteiger charge is -2.38. The van der Waals surface area contributed by atoms with Crippen LogP contribution in [0.1, 0.15) is 46.0 Å². The first-order chi connectivity index (χ1) is 15.5. The van der Waals surface area contributed by atoms with Crippen molar-refractivity contribution in [1.82, 2.24) is 24.9 Å². The molecule has 32 heavy (non-hydrogen) atoms. The van der Waals surface area contributed by atoms with E-state index in [0.29, 0.717) is 34.8 Å². The summed E-state index contributed by atoms with van der Waals surface area (Å²) in [6, 6.07) is 8.94. The molecular weight excluding hydrogens is 410 g/mol. The number of rotatable bonds is 5. The number of piperidine rings is 1. The number of esters is 1. The Morgan fingerprint density at radius 1 is 1.03 bits per heavy atom. The molecule has 9 heteroatoms. The Labute approximate surface area is 186 Å². The number of amides is 1. The monoisotopic (exact) mass is 435 g/mol. The minimum absolute atomic E-state index is 0.0523. The Balaban J connectivity index is 1.55. The zero-order chi connectivity index (χ0) is 22.7. The van der Waals surface area contributed by atoms with Gasteiger partial charge in [0.15, 0.2) is 0 Å². The van der Waals surface area contributed by atoms with Crippen molar-refractivity contribution in [3.8, 4) is 11.6 Å². The summed E-state index contributed by atoms with van der Waals surface area (Å²) >= 11 is 0. The third-order valence-corrected chi connectivity index (χ3v) is 5.71. The van der Waals surface area contributed by atoms with Crippen LogP contribution in [0.5, 0.6) is 5.88 Å². The van der Waals surface area contributed by atoms with Crippen molar-refractivity contribution in [3.63, 3.8) is 0 Å². The second kappa shape index (κ2) is 9.17. The van der Waals surface area contributed by atoms with Crippen molar-refractivity contribution in [2.45, 2.75) is 38.8 Å². The van der Waals surface area contributed by atoms with Gasteiger partial charge in [-0.15, -0.1) is 0 Å². The third kappa shape index (κ3) is 4.18. The van der Waals surface area contributed by atoms with Gasteiger partial charge in [-0.1, -0.05) is 12.1 Å². The molecule has 2 unspecified atom stereocenters. The molecule has 0 spiro atoms. The Kier molecular flexibility index (Phi) is 6.16. The predicted octanol–water partition coefficient (Wildman–Crippen LogP) is 2.83. The van der Waals surface area contributed by atoms with Gasteiger partial charge in [-0.2, -0.15) is 15.0 Å². The molecule has 0 bridgehead atoms. The van der Waals surface area contributed by atoms with Crippen LogP contribution in [-0.4, -0.2) is 62.6 Å². The largest absolute Gasteiger partial charge is 0.472 e. The van der Waals surface area contributed by atoms with E-state index in [4.69, 9.17) is 9.47 Å². The number of carbonyl (C=O) groups is 2. The van der Waals surface area contributed by atoms with Crippen LogP contribution in [0.3, 0.4) is 0 Å². The molecule has 1 saturated heterocycles. The summed E-state index contributed by atoms with van der Waals surface area (Å²) in [5.74, 6) is -0.166. The highest BCUT2D eigenvalue weighted by molar-refractivity contribution is 5.98. The molecule has 3 aromatic rings. The summed E-state index contributed by atoms with van der Waals surface area (Å²) in [5, 5.41) is 8.34. The third-order valence-electron chi connectivity index (χ3n) is 5.71. The fourth-order valence-electron chi connectivity index (χ4n) is 3.90. The van der Waals surface area contributed by atoms with Crippen LogP contribution in [0.2, 0.25) is 0 Å². The molecule has 1 aliphatic heterocycles. The highest BCUT2D eigenvalue weighted by Gasteiger charge is 2.32. The number of benzene rings is 1. The number of carbonyl (C=O) groups excluding carboxylic acids is 2. The molecule has 2 aromatic heterocycles. The minimum atomic E-state index is -0.437. The number of pyridine rings is 1. The highest BCUT2D eigenvalue weighted by Crippen LogP contribution is 2.27. The van der Waals surface area contributed by atoms with Gasteiger partial charge in [0, 0.05) is 17.8 Å². The van der Waals surface area contributed by atoms with Gasteiger partial charge in [-0.3, -0.25) is 4.79 Å². The maximum Gasteiger partial charge on any atom is 0.338 e. The predicted molar refractivity (Wildman–Crippen MR) is 116 cm³/mol. The lowest BCUT2D eigenvalue weighted by Crippen LogP contribution is -2.49. The molecule has 3 heterocycles. The first-order valence-electron chi connectivity index (χ1n) is 10.5. The molecule has 1 fully saturated rings. The molecule has 166 valence electrons. The van der Waals surface area contributed by atoms with Crippen LogP contribution in [0.25, 0.3) is 5.69 Å². The highest BCUT2D eigenvalue weighted by atomic mass is 16.5. The summed E-state index contributed by atoms with van der Waals surface area (Å²) in [7, 11) is 1.34. The van der Waals surface area contributed by atoms with Crippen LogP contribution in [0.15, 0.2) is 48.9 Å². The Hall–Kier alpha value is -3.75. The van der Waals surface area contributed by atoms with Crippen molar-refractivity contribution in [3.05, 3.63) is 65.6 Å². The van der Waals surface area contributed by atoms with Crippen molar-refractivity contribution >= 4 is 11.9 Å². The Morgan fingerprint density at radius 3 is 2.53 bits per heavy atom. The average molecular weight is 435 g/mol. The van der Waals surface area contributed by atoms with Gasteiger partial charge in [0.25, 0.3) is 5.91 Å². The molecule has 1 aromatic carbocycles. The van der Waals surface area contributed by atoms with E-state index in [1.165, 1.54) is 18.1 Å². The van der Waals surface area contributed by atoms with Crippen LogP contribution in [0, 0.1) is 6.92 Å². The molecule has 4 rings (SSSR count). The van der Waals surface area contributed by atoms with E-state index < -0.39 is 5.97 Å². The van der Waals surface area contributed by atoms with E-state index in [9.17, 15) is 9.59 Å². The number of nitrogens with zero attached hydrogens (tertiary/aromatic N) is 5. The SMILES string of the molecule is COC(=O)c1ccnc(OC2CCC(C)N(C(=O)c3ccccc3-n3nccn3)C2)c1C. The number of hydrogen-bond acceptors (Lipinski definition) is 7. The van der Waals surface area contributed by atoms with E-state index in [-0.39, 0.29) is 18.1 Å². The fraction of sp³-hybridized carbons (Fsp3) is 0.348. The van der Waals surface area contributed by atoms with Crippen LogP contribution in [0.4, 0.5) is 0 Å². The molecule has 0 N–H and O–H groups in total. The molecule has 1 aliphatic rings. The van der Waals surface area contributed by atoms with Gasteiger partial charge in [0.05, 0.1) is 42.9 Å². The molecule has 0 radical (unpaired) electrons. The standard InChI is InChI=1S/C23H25N5O4/c1-15-8-9-17(32-21-16(2)18(10-11-24-21)23(30)31-3)14-27(15)22(29)19-6-4-5-7-20(19)28-25-12-13-26-28/h4-7,10-13,15,17H,8-9,14H2,1-3H3. The normalized spacial score (nSPS) is 18.3. The number of methoxy groups -OCH3 is 1.